The van der Waals surface area contributed by atoms with Crippen LogP contribution in [-0.2, 0) is 0 Å². The van der Waals surface area contributed by atoms with Crippen LogP contribution in [0.1, 0.15) is 11.1 Å². The van der Waals surface area contributed by atoms with E-state index in [1.54, 1.807) is 0 Å². The summed E-state index contributed by atoms with van der Waals surface area (Å²) in [7, 11) is 0. The Bertz CT molecular complexity index is 2870. The molecule has 0 fully saturated rings. The normalized spacial score (nSPS) is 12.1. The zero-order valence-electron chi connectivity index (χ0n) is 28.4. The molecule has 10 aromatic carbocycles. The second-order valence-corrected chi connectivity index (χ2v) is 13.3. The van der Waals surface area contributed by atoms with Crippen molar-refractivity contribution in [2.45, 2.75) is 0 Å². The summed E-state index contributed by atoms with van der Waals surface area (Å²) in [5.74, 6) is 0. The highest BCUT2D eigenvalue weighted by molar-refractivity contribution is 6.18. The smallest absolute Gasteiger partial charge is 0.0715 e. The molecule has 0 saturated heterocycles. The molecule has 0 saturated carbocycles. The quantitative estimate of drug-likeness (QED) is 0.130. The summed E-state index contributed by atoms with van der Waals surface area (Å²) in [5, 5.41) is 14.3. The lowest BCUT2D eigenvalue weighted by molar-refractivity contribution is 1.51. The van der Waals surface area contributed by atoms with Gasteiger partial charge in [0.2, 0.25) is 0 Å². The highest BCUT2D eigenvalue weighted by Crippen LogP contribution is 2.46. The van der Waals surface area contributed by atoms with E-state index in [0.29, 0.717) is 0 Å². The standard InChI is InChI=1S/C50H32N2/c1-7-21-43-33(13-1)25-27-47(51-31-37-29-35-15-3-5-17-39(35)45-23-11-9-19-41(37)45)49(43)50-44-22-8-2-14-34(44)26-28-48(50)52-32-38-30-36-16-4-6-18-40(36)46-24-12-10-20-42(38)46/h1-32H. The van der Waals surface area contributed by atoms with E-state index >= 15 is 0 Å². The van der Waals surface area contributed by atoms with E-state index in [4.69, 9.17) is 9.98 Å². The molecule has 0 unspecified atom stereocenters. The number of rotatable bonds is 5. The van der Waals surface area contributed by atoms with Crippen LogP contribution in [0, 0.1) is 0 Å². The minimum atomic E-state index is 0.903. The lowest BCUT2D eigenvalue weighted by Gasteiger charge is -2.16. The Morgan fingerprint density at radius 3 is 1.02 bits per heavy atom. The van der Waals surface area contributed by atoms with E-state index in [9.17, 15) is 0 Å². The van der Waals surface area contributed by atoms with Crippen molar-refractivity contribution in [1.29, 1.82) is 0 Å². The Morgan fingerprint density at radius 1 is 0.269 bits per heavy atom. The first-order chi connectivity index (χ1) is 25.8. The highest BCUT2D eigenvalue weighted by Gasteiger charge is 2.17. The van der Waals surface area contributed by atoms with Gasteiger partial charge in [0.25, 0.3) is 0 Å². The summed E-state index contributed by atoms with van der Waals surface area (Å²) in [5.41, 5.74) is 6.14. The summed E-state index contributed by atoms with van der Waals surface area (Å²) in [6.07, 6.45) is 4.08. The summed E-state index contributed by atoms with van der Waals surface area (Å²) in [6, 6.07) is 64.8. The molecule has 2 nitrogen and oxygen atoms in total. The summed E-state index contributed by atoms with van der Waals surface area (Å²) in [4.78, 5) is 10.6. The molecular weight excluding hydrogens is 629 g/mol. The van der Waals surface area contributed by atoms with Crippen molar-refractivity contribution < 1.29 is 0 Å². The number of aliphatic imine (C=N–C) groups is 2. The Labute approximate surface area is 301 Å². The average Bonchev–Trinajstić information content (AvgIpc) is 3.21. The molecule has 0 amide bonds. The van der Waals surface area contributed by atoms with E-state index < -0.39 is 0 Å². The lowest BCUT2D eigenvalue weighted by Crippen LogP contribution is -1.90. The van der Waals surface area contributed by atoms with Gasteiger partial charge in [-0.2, -0.15) is 0 Å². The summed E-state index contributed by atoms with van der Waals surface area (Å²) < 4.78 is 0. The van der Waals surface area contributed by atoms with Gasteiger partial charge in [0.05, 0.1) is 11.4 Å². The van der Waals surface area contributed by atoms with Crippen LogP contribution in [0.2, 0.25) is 0 Å². The van der Waals surface area contributed by atoms with Crippen LogP contribution in [0.3, 0.4) is 0 Å². The minimum Gasteiger partial charge on any atom is -0.256 e. The third-order valence-corrected chi connectivity index (χ3v) is 10.3. The van der Waals surface area contributed by atoms with Crippen LogP contribution in [0.4, 0.5) is 11.4 Å². The number of hydrogen-bond donors (Lipinski definition) is 0. The number of benzene rings is 10. The predicted molar refractivity (Wildman–Crippen MR) is 224 cm³/mol. The van der Waals surface area contributed by atoms with Crippen molar-refractivity contribution in [3.63, 3.8) is 0 Å². The monoisotopic (exact) mass is 660 g/mol. The average molecular weight is 661 g/mol. The molecule has 0 aliphatic heterocycles. The van der Waals surface area contributed by atoms with Gasteiger partial charge in [-0.25, -0.2) is 0 Å². The highest BCUT2D eigenvalue weighted by atomic mass is 14.7. The molecule has 0 aromatic heterocycles. The van der Waals surface area contributed by atoms with Crippen molar-refractivity contribution in [2.75, 3.05) is 0 Å². The maximum absolute atomic E-state index is 5.32. The second kappa shape index (κ2) is 12.5. The molecule has 52 heavy (non-hydrogen) atoms. The van der Waals surface area contributed by atoms with E-state index in [1.165, 1.54) is 43.1 Å². The maximum Gasteiger partial charge on any atom is 0.0715 e. The molecule has 0 radical (unpaired) electrons. The van der Waals surface area contributed by atoms with Gasteiger partial charge in [-0.3, -0.25) is 9.98 Å². The number of hydrogen-bond acceptors (Lipinski definition) is 2. The fourth-order valence-electron chi connectivity index (χ4n) is 7.92. The zero-order valence-corrected chi connectivity index (χ0v) is 28.4. The molecule has 0 atom stereocenters. The fraction of sp³-hybridized carbons (Fsp3) is 0. The summed E-state index contributed by atoms with van der Waals surface area (Å²) in [6.45, 7) is 0. The van der Waals surface area contributed by atoms with Gasteiger partial charge >= 0.3 is 0 Å². The number of nitrogens with zero attached hydrogens (tertiary/aromatic N) is 2. The maximum atomic E-state index is 5.32. The van der Waals surface area contributed by atoms with E-state index in [-0.39, 0.29) is 0 Å². The predicted octanol–water partition coefficient (Wildman–Crippen LogP) is 13.8. The Hall–Kier alpha value is -6.90. The molecule has 0 N–H and O–H groups in total. The molecule has 0 aliphatic carbocycles. The molecule has 10 rings (SSSR count). The van der Waals surface area contributed by atoms with Crippen molar-refractivity contribution >= 4 is 88.4 Å². The third-order valence-electron chi connectivity index (χ3n) is 10.3. The molecule has 0 aliphatic rings. The van der Waals surface area contributed by atoms with Gasteiger partial charge < -0.3 is 0 Å². The first kappa shape index (κ1) is 30.0. The van der Waals surface area contributed by atoms with E-state index in [2.05, 4.69) is 182 Å². The Balaban J connectivity index is 1.21. The third kappa shape index (κ3) is 5.04. The Morgan fingerprint density at radius 2 is 0.596 bits per heavy atom. The van der Waals surface area contributed by atoms with Gasteiger partial charge in [0.1, 0.15) is 0 Å². The minimum absolute atomic E-state index is 0.903. The van der Waals surface area contributed by atoms with Crippen LogP contribution >= 0.6 is 0 Å². The Kier molecular flexibility index (Phi) is 7.18. The molecule has 2 heteroatoms. The molecule has 10 aromatic rings. The zero-order chi connectivity index (χ0) is 34.4. The second-order valence-electron chi connectivity index (χ2n) is 13.3. The van der Waals surface area contributed by atoms with Gasteiger partial charge in [0, 0.05) is 34.7 Å². The lowest BCUT2D eigenvalue weighted by atomic mass is 9.91. The number of fused-ring (bicyclic) bond motifs is 8. The van der Waals surface area contributed by atoms with E-state index in [0.717, 1.165) is 55.2 Å². The van der Waals surface area contributed by atoms with Crippen LogP contribution in [0.15, 0.2) is 192 Å². The topological polar surface area (TPSA) is 24.7 Å². The first-order valence-electron chi connectivity index (χ1n) is 17.7. The van der Waals surface area contributed by atoms with Gasteiger partial charge in [-0.15, -0.1) is 0 Å². The van der Waals surface area contributed by atoms with Crippen molar-refractivity contribution in [2.24, 2.45) is 9.98 Å². The summed E-state index contributed by atoms with van der Waals surface area (Å²) >= 11 is 0. The van der Waals surface area contributed by atoms with Gasteiger partial charge in [-0.05, 0) is 88.9 Å². The van der Waals surface area contributed by atoms with Crippen molar-refractivity contribution in [3.05, 3.63) is 193 Å². The van der Waals surface area contributed by atoms with E-state index in [1.807, 2.05) is 12.4 Å². The SMILES string of the molecule is C(=Nc1ccc2ccccc2c1-c1c(N=Cc2cc3ccccc3c3ccccc23)ccc2ccccc12)c1cc2ccccc2c2ccccc12. The molecule has 0 spiro atoms. The molecule has 0 heterocycles. The largest absolute Gasteiger partial charge is 0.256 e. The molecule has 0 bridgehead atoms. The van der Waals surface area contributed by atoms with Gasteiger partial charge in [-0.1, -0.05) is 158 Å². The van der Waals surface area contributed by atoms with Crippen LogP contribution in [-0.4, -0.2) is 12.4 Å². The van der Waals surface area contributed by atoms with Gasteiger partial charge in [0.15, 0.2) is 0 Å². The molecule has 242 valence electrons. The van der Waals surface area contributed by atoms with Crippen LogP contribution in [0.25, 0.3) is 75.8 Å². The first-order valence-corrected chi connectivity index (χ1v) is 17.7. The van der Waals surface area contributed by atoms with Crippen LogP contribution < -0.4 is 0 Å². The van der Waals surface area contributed by atoms with Crippen molar-refractivity contribution in [1.82, 2.24) is 0 Å². The molecular formula is C50H32N2. The van der Waals surface area contributed by atoms with Crippen molar-refractivity contribution in [3.8, 4) is 11.1 Å². The van der Waals surface area contributed by atoms with Crippen LogP contribution in [0.5, 0.6) is 0 Å². The fourth-order valence-corrected chi connectivity index (χ4v) is 7.92.